The molecular weight excluding hydrogens is 395 g/mol. The quantitative estimate of drug-likeness (QED) is 0.577. The number of hydrogen-bond acceptors (Lipinski definition) is 4. The van der Waals surface area contributed by atoms with E-state index in [0.717, 1.165) is 53.8 Å². The summed E-state index contributed by atoms with van der Waals surface area (Å²) in [6.45, 7) is 2.45. The van der Waals surface area contributed by atoms with Gasteiger partial charge in [0.1, 0.15) is 0 Å². The van der Waals surface area contributed by atoms with E-state index in [9.17, 15) is 13.2 Å². The summed E-state index contributed by atoms with van der Waals surface area (Å²) in [6.07, 6.45) is -1.78. The molecule has 27 heavy (non-hydrogen) atoms. The van der Waals surface area contributed by atoms with Crippen LogP contribution < -0.4 is 0 Å². The van der Waals surface area contributed by atoms with Gasteiger partial charge >= 0.3 is 6.18 Å². The predicted molar refractivity (Wildman–Crippen MR) is 99.6 cm³/mol. The monoisotopic (exact) mass is 409 g/mol. The Hall–Kier alpha value is -1.96. The number of nitrogens with zero attached hydrogens (tertiary/aromatic N) is 3. The molecule has 3 nitrogen and oxygen atoms in total. The van der Waals surface area contributed by atoms with Crippen molar-refractivity contribution in [2.75, 3.05) is 6.54 Å². The van der Waals surface area contributed by atoms with Gasteiger partial charge in [-0.3, -0.25) is 4.90 Å². The van der Waals surface area contributed by atoms with Crippen molar-refractivity contribution >= 4 is 22.9 Å². The topological polar surface area (TPSA) is 29.0 Å². The Bertz CT molecular complexity index is 954. The van der Waals surface area contributed by atoms with Crippen LogP contribution in [0.3, 0.4) is 0 Å². The molecule has 0 N–H and O–H groups in total. The van der Waals surface area contributed by atoms with Gasteiger partial charge in [-0.15, -0.1) is 11.3 Å². The van der Waals surface area contributed by atoms with Crippen molar-refractivity contribution < 1.29 is 13.2 Å². The predicted octanol–water partition coefficient (Wildman–Crippen LogP) is 5.44. The van der Waals surface area contributed by atoms with Crippen LogP contribution in [-0.4, -0.2) is 21.4 Å². The van der Waals surface area contributed by atoms with Gasteiger partial charge in [-0.2, -0.15) is 13.2 Å². The maximum absolute atomic E-state index is 12.7. The number of alkyl halides is 3. The van der Waals surface area contributed by atoms with Crippen molar-refractivity contribution in [3.8, 4) is 11.4 Å². The van der Waals surface area contributed by atoms with Gasteiger partial charge < -0.3 is 0 Å². The highest BCUT2D eigenvalue weighted by Crippen LogP contribution is 2.31. The molecule has 0 bridgehead atoms. The standard InChI is InChI=1S/C19H15ClF3N3S/c20-17-6-5-15(27-17)11-26-8-7-16-13(10-26)9-24-18(25-16)12-1-3-14(4-2-12)19(21,22)23/h1-6,9H,7-8,10-11H2. The summed E-state index contributed by atoms with van der Waals surface area (Å²) >= 11 is 7.56. The minimum atomic E-state index is -4.34. The lowest BCUT2D eigenvalue weighted by Crippen LogP contribution is -2.30. The summed E-state index contributed by atoms with van der Waals surface area (Å²) < 4.78 is 38.9. The van der Waals surface area contributed by atoms with Gasteiger partial charge in [0, 0.05) is 48.3 Å². The Morgan fingerprint density at radius 3 is 2.56 bits per heavy atom. The molecule has 0 spiro atoms. The van der Waals surface area contributed by atoms with Crippen molar-refractivity contribution in [1.29, 1.82) is 0 Å². The van der Waals surface area contributed by atoms with Crippen LogP contribution in [0.4, 0.5) is 13.2 Å². The largest absolute Gasteiger partial charge is 0.416 e. The smallest absolute Gasteiger partial charge is 0.293 e. The van der Waals surface area contributed by atoms with Crippen LogP contribution in [0.2, 0.25) is 4.34 Å². The van der Waals surface area contributed by atoms with E-state index in [1.54, 1.807) is 17.5 Å². The van der Waals surface area contributed by atoms with Crippen molar-refractivity contribution in [3.63, 3.8) is 0 Å². The van der Waals surface area contributed by atoms with Crippen molar-refractivity contribution in [2.24, 2.45) is 0 Å². The minimum absolute atomic E-state index is 0.459. The highest BCUT2D eigenvalue weighted by Gasteiger charge is 2.30. The molecule has 2 aromatic heterocycles. The molecule has 0 fully saturated rings. The van der Waals surface area contributed by atoms with Crippen LogP contribution in [0.15, 0.2) is 42.6 Å². The number of benzene rings is 1. The molecule has 1 aliphatic heterocycles. The first-order chi connectivity index (χ1) is 12.9. The summed E-state index contributed by atoms with van der Waals surface area (Å²) in [7, 11) is 0. The Morgan fingerprint density at radius 2 is 1.89 bits per heavy atom. The van der Waals surface area contributed by atoms with Crippen LogP contribution in [0.1, 0.15) is 21.7 Å². The fraction of sp³-hybridized carbons (Fsp3) is 0.263. The number of thiophene rings is 1. The van der Waals surface area contributed by atoms with E-state index in [1.807, 2.05) is 12.1 Å². The van der Waals surface area contributed by atoms with E-state index in [2.05, 4.69) is 14.9 Å². The van der Waals surface area contributed by atoms with E-state index in [1.165, 1.54) is 17.0 Å². The Kier molecular flexibility index (Phi) is 4.92. The summed E-state index contributed by atoms with van der Waals surface area (Å²) in [4.78, 5) is 12.5. The highest BCUT2D eigenvalue weighted by atomic mass is 35.5. The molecular formula is C19H15ClF3N3S. The number of aromatic nitrogens is 2. The summed E-state index contributed by atoms with van der Waals surface area (Å²) in [5.74, 6) is 0.459. The first kappa shape index (κ1) is 18.4. The average Bonchev–Trinajstić information content (AvgIpc) is 3.05. The number of fused-ring (bicyclic) bond motifs is 1. The van der Waals surface area contributed by atoms with Crippen LogP contribution in [0.5, 0.6) is 0 Å². The fourth-order valence-electron chi connectivity index (χ4n) is 3.11. The van der Waals surface area contributed by atoms with Gasteiger partial charge in [-0.05, 0) is 24.3 Å². The second kappa shape index (κ2) is 7.22. The minimum Gasteiger partial charge on any atom is -0.293 e. The van der Waals surface area contributed by atoms with Gasteiger partial charge in [-0.1, -0.05) is 23.7 Å². The Labute approximate surface area is 163 Å². The van der Waals surface area contributed by atoms with E-state index < -0.39 is 11.7 Å². The third-order valence-corrected chi connectivity index (χ3v) is 5.71. The lowest BCUT2D eigenvalue weighted by molar-refractivity contribution is -0.137. The number of rotatable bonds is 3. The van der Waals surface area contributed by atoms with E-state index in [-0.39, 0.29) is 0 Å². The zero-order valence-corrected chi connectivity index (χ0v) is 15.7. The molecule has 0 saturated carbocycles. The van der Waals surface area contributed by atoms with Gasteiger partial charge in [0.15, 0.2) is 5.82 Å². The normalized spacial score (nSPS) is 15.0. The van der Waals surface area contributed by atoms with Gasteiger partial charge in [-0.25, -0.2) is 9.97 Å². The maximum atomic E-state index is 12.7. The van der Waals surface area contributed by atoms with Crippen LogP contribution in [0.25, 0.3) is 11.4 Å². The average molecular weight is 410 g/mol. The molecule has 0 amide bonds. The molecule has 1 aliphatic rings. The lowest BCUT2D eigenvalue weighted by atomic mass is 10.1. The molecule has 3 aromatic rings. The lowest BCUT2D eigenvalue weighted by Gasteiger charge is -2.27. The molecule has 4 rings (SSSR count). The van der Waals surface area contributed by atoms with Crippen LogP contribution >= 0.6 is 22.9 Å². The molecule has 0 radical (unpaired) electrons. The first-order valence-electron chi connectivity index (χ1n) is 8.37. The number of hydrogen-bond donors (Lipinski definition) is 0. The van der Waals surface area contributed by atoms with Crippen molar-refractivity contribution in [2.45, 2.75) is 25.7 Å². The number of halogens is 4. The summed E-state index contributed by atoms with van der Waals surface area (Å²) in [5, 5.41) is 0. The second-order valence-electron chi connectivity index (χ2n) is 6.41. The van der Waals surface area contributed by atoms with Crippen molar-refractivity contribution in [1.82, 2.24) is 14.9 Å². The van der Waals surface area contributed by atoms with Gasteiger partial charge in [0.05, 0.1) is 15.6 Å². The third kappa shape index (κ3) is 4.15. The second-order valence-corrected chi connectivity index (χ2v) is 8.21. The molecule has 0 unspecified atom stereocenters. The van der Waals surface area contributed by atoms with Crippen LogP contribution in [0, 0.1) is 0 Å². The molecule has 0 atom stereocenters. The maximum Gasteiger partial charge on any atom is 0.416 e. The summed E-state index contributed by atoms with van der Waals surface area (Å²) in [6, 6.07) is 8.89. The zero-order valence-electron chi connectivity index (χ0n) is 14.1. The molecule has 0 aliphatic carbocycles. The van der Waals surface area contributed by atoms with Gasteiger partial charge in [0.2, 0.25) is 0 Å². The Balaban J connectivity index is 1.50. The van der Waals surface area contributed by atoms with E-state index in [4.69, 9.17) is 11.6 Å². The van der Waals surface area contributed by atoms with E-state index in [0.29, 0.717) is 11.4 Å². The molecule has 1 aromatic carbocycles. The highest BCUT2D eigenvalue weighted by molar-refractivity contribution is 7.16. The summed E-state index contributed by atoms with van der Waals surface area (Å²) in [5.41, 5.74) is 1.93. The van der Waals surface area contributed by atoms with Crippen LogP contribution in [-0.2, 0) is 25.7 Å². The van der Waals surface area contributed by atoms with Gasteiger partial charge in [0.25, 0.3) is 0 Å². The third-order valence-electron chi connectivity index (χ3n) is 4.49. The Morgan fingerprint density at radius 1 is 1.11 bits per heavy atom. The SMILES string of the molecule is FC(F)(F)c1ccc(-c2ncc3c(n2)CCN(Cc2ccc(Cl)s2)C3)cc1. The molecule has 8 heteroatoms. The molecule has 0 saturated heterocycles. The van der Waals surface area contributed by atoms with Crippen molar-refractivity contribution in [3.05, 3.63) is 68.6 Å². The molecule has 3 heterocycles. The van der Waals surface area contributed by atoms with E-state index >= 15 is 0 Å². The zero-order chi connectivity index (χ0) is 19.0. The molecule has 140 valence electrons. The fourth-order valence-corrected chi connectivity index (χ4v) is 4.24. The first-order valence-corrected chi connectivity index (χ1v) is 9.57.